The van der Waals surface area contributed by atoms with Gasteiger partial charge in [-0.05, 0) is 20.8 Å². The molecule has 24 heteroatoms. The van der Waals surface area contributed by atoms with Crippen LogP contribution in [0.2, 0.25) is 0 Å². The van der Waals surface area contributed by atoms with Gasteiger partial charge in [-0.25, -0.2) is 24.1 Å². The Bertz CT molecular complexity index is 2030. The number of aromatic hydroxyl groups is 1. The van der Waals surface area contributed by atoms with E-state index in [1.165, 1.54) is 17.0 Å². The molecule has 0 bridgehead atoms. The van der Waals surface area contributed by atoms with Crippen LogP contribution in [0, 0.1) is 0 Å². The van der Waals surface area contributed by atoms with Crippen molar-refractivity contribution in [3.63, 3.8) is 0 Å². The highest BCUT2D eigenvalue weighted by atomic mass is 32.2. The SMILES string of the molecule is C[C@H](CO)n1c(-c2cc(=O)c(O)c[nH]2)nn(S(=O)(=O)NC(=O)N2C[C@H](NC(=O)/C(=N\OC(C)(C)C(=O)O)c3csc(N)n3)C2=O)c1=O. The number of nitrogens with one attached hydrogen (secondary N) is 3. The average Bonchev–Trinajstić information content (AvgIpc) is 3.58. The third-order valence-electron chi connectivity index (χ3n) is 6.41. The maximum absolute atomic E-state index is 13.1. The Labute approximate surface area is 266 Å². The molecule has 1 saturated heterocycles. The molecule has 3 aromatic rings. The van der Waals surface area contributed by atoms with Gasteiger partial charge in [-0.1, -0.05) is 9.24 Å². The van der Waals surface area contributed by atoms with E-state index < -0.39 is 93.3 Å². The number of oxime groups is 1. The van der Waals surface area contributed by atoms with Crippen molar-refractivity contribution in [2.24, 2.45) is 5.16 Å². The third-order valence-corrected chi connectivity index (χ3v) is 8.20. The number of nitrogens with two attached hydrogens (primary N) is 1. The van der Waals surface area contributed by atoms with E-state index in [1.54, 1.807) is 0 Å². The number of hydrogen-bond donors (Lipinski definition) is 7. The molecule has 0 aliphatic carbocycles. The first-order valence-corrected chi connectivity index (χ1v) is 15.3. The molecule has 4 rings (SSSR count). The summed E-state index contributed by atoms with van der Waals surface area (Å²) in [6, 6.07) is -3.16. The Balaban J connectivity index is 1.51. The van der Waals surface area contributed by atoms with Gasteiger partial charge in [-0.15, -0.1) is 16.4 Å². The minimum Gasteiger partial charge on any atom is -0.503 e. The molecule has 2 atom stereocenters. The lowest BCUT2D eigenvalue weighted by molar-refractivity contribution is -0.161. The van der Waals surface area contributed by atoms with E-state index in [0.29, 0.717) is 9.47 Å². The maximum Gasteiger partial charge on any atom is 0.362 e. The second-order valence-electron chi connectivity index (χ2n) is 10.3. The maximum atomic E-state index is 13.1. The number of aromatic nitrogens is 5. The predicted octanol–water partition coefficient (Wildman–Crippen LogP) is -2.89. The number of rotatable bonds is 11. The van der Waals surface area contributed by atoms with E-state index in [9.17, 15) is 52.5 Å². The number of anilines is 1. The number of urea groups is 1. The molecule has 3 aromatic heterocycles. The molecule has 252 valence electrons. The van der Waals surface area contributed by atoms with Crippen LogP contribution in [0.1, 0.15) is 32.5 Å². The number of H-pyrrole nitrogens is 1. The largest absolute Gasteiger partial charge is 0.503 e. The topological polar surface area (TPSA) is 324 Å². The van der Waals surface area contributed by atoms with Gasteiger partial charge in [-0.2, -0.15) is 8.42 Å². The number of pyridine rings is 1. The summed E-state index contributed by atoms with van der Waals surface area (Å²) in [5, 5.41) is 39.2. The number of nitrogens with zero attached hydrogens (tertiary/aromatic N) is 6. The van der Waals surface area contributed by atoms with Gasteiger partial charge in [0.1, 0.15) is 11.7 Å². The average molecular weight is 699 g/mol. The van der Waals surface area contributed by atoms with Gasteiger partial charge in [0.25, 0.3) is 11.8 Å². The van der Waals surface area contributed by atoms with Gasteiger partial charge in [0, 0.05) is 17.6 Å². The van der Waals surface area contributed by atoms with Crippen LogP contribution in [0.4, 0.5) is 9.93 Å². The summed E-state index contributed by atoms with van der Waals surface area (Å²) in [4.78, 5) is 86.5. The molecule has 0 unspecified atom stereocenters. The normalized spacial score (nSPS) is 15.9. The fraction of sp³-hybridized carbons (Fsp3) is 0.348. The van der Waals surface area contributed by atoms with Crippen molar-refractivity contribution in [1.29, 1.82) is 0 Å². The summed E-state index contributed by atoms with van der Waals surface area (Å²) >= 11 is 0.923. The van der Waals surface area contributed by atoms with E-state index in [2.05, 4.69) is 25.5 Å². The molecule has 8 N–H and O–H groups in total. The van der Waals surface area contributed by atoms with Crippen LogP contribution in [0.3, 0.4) is 0 Å². The first-order valence-electron chi connectivity index (χ1n) is 13.0. The van der Waals surface area contributed by atoms with Crippen molar-refractivity contribution >= 4 is 56.2 Å². The van der Waals surface area contributed by atoms with E-state index in [4.69, 9.17) is 10.6 Å². The van der Waals surface area contributed by atoms with Gasteiger partial charge in [0.05, 0.1) is 24.9 Å². The quantitative estimate of drug-likeness (QED) is 0.0600. The molecule has 4 amide bonds. The summed E-state index contributed by atoms with van der Waals surface area (Å²) in [6.45, 7) is 2.42. The van der Waals surface area contributed by atoms with Crippen LogP contribution < -0.4 is 26.9 Å². The van der Waals surface area contributed by atoms with E-state index >= 15 is 0 Å². The molecule has 4 heterocycles. The Morgan fingerprint density at radius 3 is 2.53 bits per heavy atom. The number of carboxylic acid groups (broad SMARTS) is 1. The Morgan fingerprint density at radius 1 is 1.30 bits per heavy atom. The van der Waals surface area contributed by atoms with Crippen LogP contribution in [-0.2, 0) is 29.4 Å². The predicted molar refractivity (Wildman–Crippen MR) is 158 cm³/mol. The van der Waals surface area contributed by atoms with Gasteiger partial charge >= 0.3 is 27.9 Å². The second-order valence-corrected chi connectivity index (χ2v) is 12.6. The molecule has 0 spiro atoms. The zero-order valence-electron chi connectivity index (χ0n) is 24.4. The summed E-state index contributed by atoms with van der Waals surface area (Å²) in [6.07, 6.45) is 0.862. The summed E-state index contributed by atoms with van der Waals surface area (Å²) in [5.41, 5.74) is 0.587. The molecule has 0 saturated carbocycles. The first kappa shape index (κ1) is 34.3. The zero-order chi connectivity index (χ0) is 35.0. The molecule has 22 nitrogen and oxygen atoms in total. The lowest BCUT2D eigenvalue weighted by atomic mass is 10.1. The summed E-state index contributed by atoms with van der Waals surface area (Å²) in [7, 11) is -5.15. The molecular formula is C23H26N10O12S2. The number of imide groups is 1. The number of amides is 4. The van der Waals surface area contributed by atoms with Gasteiger partial charge in [0.15, 0.2) is 22.4 Å². The third kappa shape index (κ3) is 6.82. The van der Waals surface area contributed by atoms with Crippen molar-refractivity contribution < 1.29 is 47.8 Å². The van der Waals surface area contributed by atoms with Crippen LogP contribution in [0.5, 0.6) is 5.75 Å². The highest BCUT2D eigenvalue weighted by Gasteiger charge is 2.44. The number of carbonyl (C=O) groups excluding carboxylic acids is 3. The Kier molecular flexibility index (Phi) is 9.21. The van der Waals surface area contributed by atoms with Crippen molar-refractivity contribution in [3.05, 3.63) is 44.0 Å². The van der Waals surface area contributed by atoms with Crippen LogP contribution in [-0.4, -0.2) is 107 Å². The van der Waals surface area contributed by atoms with Crippen molar-refractivity contribution in [2.75, 3.05) is 18.9 Å². The number of nitrogen functional groups attached to an aromatic ring is 1. The molecule has 0 radical (unpaired) electrons. The smallest absolute Gasteiger partial charge is 0.362 e. The highest BCUT2D eigenvalue weighted by molar-refractivity contribution is 7.88. The minimum absolute atomic E-state index is 0.0278. The second kappa shape index (κ2) is 12.6. The zero-order valence-corrected chi connectivity index (χ0v) is 26.0. The summed E-state index contributed by atoms with van der Waals surface area (Å²) in [5.74, 6) is -4.70. The van der Waals surface area contributed by atoms with Crippen molar-refractivity contribution in [3.8, 4) is 17.3 Å². The standard InChI is InChI=1S/C23H26N10O12S2/c1-9(7-34)32-16(10-4-13(35)14(36)5-25-10)28-33(22(32)42)47(43,44)30-21(41)31-6-11(18(31)38)26-17(37)15(12-8-46-20(24)27-12)29-45-23(2,3)19(39)40/h4-5,8-9,11,34,36H,6-7H2,1-3H3,(H2,24,27)(H,25,35)(H,26,37)(H,30,41)(H,39,40)/b29-15-/t9-,11+/m1/s1. The summed E-state index contributed by atoms with van der Waals surface area (Å²) < 4.78 is 28.2. The van der Waals surface area contributed by atoms with Crippen molar-refractivity contribution in [1.82, 2.24) is 38.7 Å². The monoisotopic (exact) mass is 698 g/mol. The van der Waals surface area contributed by atoms with E-state index in [1.807, 2.05) is 0 Å². The fourth-order valence-electron chi connectivity index (χ4n) is 3.72. The number of aliphatic hydroxyl groups is 1. The van der Waals surface area contributed by atoms with E-state index in [0.717, 1.165) is 37.4 Å². The number of carbonyl (C=O) groups is 4. The highest BCUT2D eigenvalue weighted by Crippen LogP contribution is 2.19. The molecular weight excluding hydrogens is 672 g/mol. The lowest BCUT2D eigenvalue weighted by Gasteiger charge is -2.36. The Morgan fingerprint density at radius 2 is 1.98 bits per heavy atom. The number of thiazole rings is 1. The molecule has 0 aromatic carbocycles. The number of aliphatic carboxylic acids is 1. The number of likely N-dealkylation sites (tertiary alicyclic amines) is 1. The van der Waals surface area contributed by atoms with E-state index in [-0.39, 0.29) is 20.6 Å². The first-order chi connectivity index (χ1) is 21.9. The molecule has 1 aliphatic rings. The van der Waals surface area contributed by atoms with Crippen LogP contribution in [0.25, 0.3) is 11.5 Å². The van der Waals surface area contributed by atoms with Gasteiger partial charge in [0.2, 0.25) is 11.0 Å². The van der Waals surface area contributed by atoms with Crippen molar-refractivity contribution in [2.45, 2.75) is 38.5 Å². The number of carboxylic acids is 1. The number of aliphatic hydroxyl groups excluding tert-OH is 1. The number of hydrogen-bond acceptors (Lipinski definition) is 16. The van der Waals surface area contributed by atoms with Gasteiger partial charge < -0.3 is 36.2 Å². The van der Waals surface area contributed by atoms with Crippen LogP contribution in [0.15, 0.2) is 32.4 Å². The number of aromatic amines is 1. The number of β-lactam (4-membered cyclic amide) rings is 1. The molecule has 47 heavy (non-hydrogen) atoms. The fourth-order valence-corrected chi connectivity index (χ4v) is 5.17. The van der Waals surface area contributed by atoms with Crippen LogP contribution >= 0.6 is 11.3 Å². The lowest BCUT2D eigenvalue weighted by Crippen LogP contribution is -2.68. The van der Waals surface area contributed by atoms with Gasteiger partial charge in [-0.3, -0.25) is 23.9 Å². The molecule has 1 fully saturated rings. The molecule has 1 aliphatic heterocycles. The minimum atomic E-state index is -5.15. The Hall–Kier alpha value is -5.62.